The Bertz CT molecular complexity index is 457. The first-order chi connectivity index (χ1) is 10.2. The van der Waals surface area contributed by atoms with Gasteiger partial charge in [-0.1, -0.05) is 44.4 Å². The summed E-state index contributed by atoms with van der Waals surface area (Å²) in [6.45, 7) is 7.43. The van der Waals surface area contributed by atoms with Gasteiger partial charge in [0.1, 0.15) is 0 Å². The van der Waals surface area contributed by atoms with Crippen LogP contribution in [0.3, 0.4) is 0 Å². The summed E-state index contributed by atoms with van der Waals surface area (Å²) < 4.78 is 13.0. The monoisotopic (exact) mass is 307 g/mol. The molecule has 1 fully saturated rings. The van der Waals surface area contributed by atoms with Crippen LogP contribution in [0, 0.1) is 12.8 Å². The molecule has 21 heavy (non-hydrogen) atoms. The van der Waals surface area contributed by atoms with Gasteiger partial charge in [0, 0.05) is 10.9 Å². The van der Waals surface area contributed by atoms with Crippen molar-refractivity contribution in [1.82, 2.24) is 5.32 Å². The van der Waals surface area contributed by atoms with Crippen molar-refractivity contribution >= 4 is 10.8 Å². The van der Waals surface area contributed by atoms with Crippen molar-refractivity contribution in [3.8, 4) is 0 Å². The standard InChI is InChI=1S/C18H29NOS/c1-4-6-15-9-12-17(19-5-2)18(13-15)21(20)16-10-7-14(3)8-11-16/h7-8,10-11,15,17-19H,4-6,9,12-13H2,1-3H3. The Labute approximate surface area is 132 Å². The summed E-state index contributed by atoms with van der Waals surface area (Å²) in [5, 5.41) is 3.83. The summed E-state index contributed by atoms with van der Waals surface area (Å²) in [5.41, 5.74) is 1.23. The second-order valence-corrected chi connectivity index (χ2v) is 7.95. The molecule has 1 aliphatic rings. The van der Waals surface area contributed by atoms with E-state index in [9.17, 15) is 4.21 Å². The van der Waals surface area contributed by atoms with Gasteiger partial charge in [0.2, 0.25) is 0 Å². The highest BCUT2D eigenvalue weighted by Crippen LogP contribution is 2.33. The van der Waals surface area contributed by atoms with Gasteiger partial charge in [0.05, 0.1) is 16.0 Å². The molecule has 1 N–H and O–H groups in total. The number of benzene rings is 1. The minimum Gasteiger partial charge on any atom is -0.313 e. The predicted octanol–water partition coefficient (Wildman–Crippen LogP) is 4.05. The molecule has 2 nitrogen and oxygen atoms in total. The van der Waals surface area contributed by atoms with E-state index in [0.717, 1.165) is 23.8 Å². The fraction of sp³-hybridized carbons (Fsp3) is 0.667. The lowest BCUT2D eigenvalue weighted by Gasteiger charge is -2.36. The minimum absolute atomic E-state index is 0.262. The lowest BCUT2D eigenvalue weighted by molar-refractivity contribution is 0.286. The zero-order chi connectivity index (χ0) is 15.2. The van der Waals surface area contributed by atoms with E-state index in [0.29, 0.717) is 6.04 Å². The van der Waals surface area contributed by atoms with Crippen LogP contribution in [0.1, 0.15) is 51.5 Å². The molecule has 4 atom stereocenters. The Balaban J connectivity index is 2.14. The van der Waals surface area contributed by atoms with E-state index in [-0.39, 0.29) is 5.25 Å². The quantitative estimate of drug-likeness (QED) is 0.859. The van der Waals surface area contributed by atoms with Crippen molar-refractivity contribution in [2.24, 2.45) is 5.92 Å². The number of hydrogen-bond donors (Lipinski definition) is 1. The van der Waals surface area contributed by atoms with Crippen LogP contribution >= 0.6 is 0 Å². The van der Waals surface area contributed by atoms with Gasteiger partial charge >= 0.3 is 0 Å². The topological polar surface area (TPSA) is 29.1 Å². The molecule has 3 heteroatoms. The van der Waals surface area contributed by atoms with Gasteiger partial charge < -0.3 is 5.32 Å². The van der Waals surface area contributed by atoms with Gasteiger partial charge in [-0.15, -0.1) is 0 Å². The zero-order valence-corrected chi connectivity index (χ0v) is 14.4. The zero-order valence-electron chi connectivity index (χ0n) is 13.6. The van der Waals surface area contributed by atoms with Crippen LogP contribution in [0.25, 0.3) is 0 Å². The maximum Gasteiger partial charge on any atom is 0.0576 e. The molecule has 1 saturated carbocycles. The summed E-state index contributed by atoms with van der Waals surface area (Å²) >= 11 is 0. The van der Waals surface area contributed by atoms with E-state index < -0.39 is 10.8 Å². The first-order valence-corrected chi connectivity index (χ1v) is 9.57. The average Bonchev–Trinajstić information content (AvgIpc) is 2.49. The second-order valence-electron chi connectivity index (χ2n) is 6.28. The molecular formula is C18H29NOS. The smallest absolute Gasteiger partial charge is 0.0576 e. The van der Waals surface area contributed by atoms with Crippen molar-refractivity contribution in [2.45, 2.75) is 69.1 Å². The first kappa shape index (κ1) is 16.7. The fourth-order valence-electron chi connectivity index (χ4n) is 3.46. The van der Waals surface area contributed by atoms with E-state index in [4.69, 9.17) is 0 Å². The molecule has 0 radical (unpaired) electrons. The lowest BCUT2D eigenvalue weighted by Crippen LogP contribution is -2.46. The first-order valence-electron chi connectivity index (χ1n) is 8.36. The van der Waals surface area contributed by atoms with Gasteiger partial charge in [-0.05, 0) is 50.8 Å². The molecule has 0 amide bonds. The van der Waals surface area contributed by atoms with Gasteiger partial charge in [-0.3, -0.25) is 4.21 Å². The van der Waals surface area contributed by atoms with E-state index in [1.165, 1.54) is 31.2 Å². The SMILES string of the molecule is CCCC1CCC(NCC)C(S(=O)c2ccc(C)cc2)C1. The van der Waals surface area contributed by atoms with Crippen molar-refractivity contribution in [1.29, 1.82) is 0 Å². The van der Waals surface area contributed by atoms with E-state index in [1.54, 1.807) is 0 Å². The highest BCUT2D eigenvalue weighted by atomic mass is 32.2. The summed E-state index contributed by atoms with van der Waals surface area (Å²) in [6.07, 6.45) is 6.07. The van der Waals surface area contributed by atoms with Crippen molar-refractivity contribution in [3.63, 3.8) is 0 Å². The Kier molecular flexibility index (Phi) is 6.43. The average molecular weight is 308 g/mol. The number of hydrogen-bond acceptors (Lipinski definition) is 2. The van der Waals surface area contributed by atoms with Gasteiger partial charge in [0.15, 0.2) is 0 Å². The highest BCUT2D eigenvalue weighted by Gasteiger charge is 2.34. The third-order valence-electron chi connectivity index (χ3n) is 4.59. The molecule has 118 valence electrons. The van der Waals surface area contributed by atoms with Crippen LogP contribution in [0.15, 0.2) is 29.2 Å². The van der Waals surface area contributed by atoms with Gasteiger partial charge in [-0.2, -0.15) is 0 Å². The fourth-order valence-corrected chi connectivity index (χ4v) is 5.19. The molecule has 0 aromatic heterocycles. The summed E-state index contributed by atoms with van der Waals surface area (Å²) in [6, 6.07) is 8.63. The van der Waals surface area contributed by atoms with Crippen molar-refractivity contribution < 1.29 is 4.21 Å². The third-order valence-corrected chi connectivity index (χ3v) is 6.40. The van der Waals surface area contributed by atoms with E-state index in [2.05, 4.69) is 38.2 Å². The minimum atomic E-state index is -0.896. The second kappa shape index (κ2) is 8.09. The molecule has 1 aromatic rings. The molecular weight excluding hydrogens is 278 g/mol. The highest BCUT2D eigenvalue weighted by molar-refractivity contribution is 7.85. The van der Waals surface area contributed by atoms with E-state index >= 15 is 0 Å². The number of rotatable bonds is 6. The Hall–Kier alpha value is -0.670. The molecule has 0 bridgehead atoms. The van der Waals surface area contributed by atoms with Crippen molar-refractivity contribution in [3.05, 3.63) is 29.8 Å². The molecule has 0 heterocycles. The molecule has 0 aliphatic heterocycles. The Morgan fingerprint density at radius 2 is 1.90 bits per heavy atom. The molecule has 1 aromatic carbocycles. The Morgan fingerprint density at radius 3 is 2.52 bits per heavy atom. The molecule has 1 aliphatic carbocycles. The summed E-state index contributed by atoms with van der Waals surface area (Å²) in [4.78, 5) is 0.991. The van der Waals surface area contributed by atoms with Crippen LogP contribution in [0.5, 0.6) is 0 Å². The number of aryl methyl sites for hydroxylation is 1. The third kappa shape index (κ3) is 4.40. The molecule has 0 spiro atoms. The maximum absolute atomic E-state index is 13.0. The normalized spacial score (nSPS) is 27.5. The van der Waals surface area contributed by atoms with Crippen molar-refractivity contribution in [2.75, 3.05) is 6.54 Å². The van der Waals surface area contributed by atoms with E-state index in [1.807, 2.05) is 12.1 Å². The molecule has 2 rings (SSSR count). The maximum atomic E-state index is 13.0. The van der Waals surface area contributed by atoms with Crippen LogP contribution in [0.2, 0.25) is 0 Å². The van der Waals surface area contributed by atoms with Gasteiger partial charge in [0.25, 0.3) is 0 Å². The Morgan fingerprint density at radius 1 is 1.19 bits per heavy atom. The van der Waals surface area contributed by atoms with Gasteiger partial charge in [-0.25, -0.2) is 0 Å². The largest absolute Gasteiger partial charge is 0.313 e. The predicted molar refractivity (Wildman–Crippen MR) is 91.1 cm³/mol. The summed E-state index contributed by atoms with van der Waals surface area (Å²) in [5.74, 6) is 0.754. The summed E-state index contributed by atoms with van der Waals surface area (Å²) in [7, 11) is -0.896. The molecule has 4 unspecified atom stereocenters. The lowest BCUT2D eigenvalue weighted by atomic mass is 9.83. The van der Waals surface area contributed by atoms with Crippen LogP contribution in [-0.4, -0.2) is 22.0 Å². The van der Waals surface area contributed by atoms with Crippen LogP contribution < -0.4 is 5.32 Å². The number of nitrogens with one attached hydrogen (secondary N) is 1. The van der Waals surface area contributed by atoms with Crippen LogP contribution in [0.4, 0.5) is 0 Å². The van der Waals surface area contributed by atoms with Crippen LogP contribution in [-0.2, 0) is 10.8 Å². The molecule has 0 saturated heterocycles.